The largest absolute Gasteiger partial charge is 0.494 e. The molecule has 0 saturated carbocycles. The minimum absolute atomic E-state index is 0.318. The zero-order valence-electron chi connectivity index (χ0n) is 17.3. The molecule has 0 amide bonds. The molecule has 2 aliphatic rings. The summed E-state index contributed by atoms with van der Waals surface area (Å²) in [5.74, 6) is 1.22. The van der Waals surface area contributed by atoms with Gasteiger partial charge in [0.25, 0.3) is 0 Å². The van der Waals surface area contributed by atoms with Crippen molar-refractivity contribution in [2.45, 2.75) is 32.1 Å². The Hall–Kier alpha value is -2.92. The number of nitrogen functional groups attached to an aromatic ring is 1. The number of fused-ring (bicyclic) bond motifs is 3. The molecule has 2 N–H and O–H groups in total. The van der Waals surface area contributed by atoms with Gasteiger partial charge >= 0.3 is 0 Å². The summed E-state index contributed by atoms with van der Waals surface area (Å²) < 4.78 is 5.97. The summed E-state index contributed by atoms with van der Waals surface area (Å²) >= 11 is 0. The molecule has 5 rings (SSSR count). The number of benzene rings is 2. The molecule has 0 unspecified atom stereocenters. The predicted molar refractivity (Wildman–Crippen MR) is 121 cm³/mol. The zero-order chi connectivity index (χ0) is 20.3. The topological polar surface area (TPSA) is 64.3 Å². The van der Waals surface area contributed by atoms with Gasteiger partial charge in [-0.05, 0) is 62.2 Å². The van der Waals surface area contributed by atoms with E-state index in [1.807, 2.05) is 18.2 Å². The van der Waals surface area contributed by atoms with Gasteiger partial charge in [0.2, 0.25) is 5.95 Å². The minimum atomic E-state index is 0.318. The van der Waals surface area contributed by atoms with Crippen LogP contribution in [0.2, 0.25) is 0 Å². The number of hydrogen-bond donors (Lipinski definition) is 1. The smallest absolute Gasteiger partial charge is 0.221 e. The van der Waals surface area contributed by atoms with E-state index in [0.29, 0.717) is 5.95 Å². The van der Waals surface area contributed by atoms with Crippen molar-refractivity contribution < 1.29 is 4.74 Å². The molecule has 1 fully saturated rings. The van der Waals surface area contributed by atoms with Crippen LogP contribution in [0.4, 0.5) is 5.95 Å². The number of nitrogens with two attached hydrogens (primary N) is 1. The van der Waals surface area contributed by atoms with E-state index in [9.17, 15) is 0 Å². The van der Waals surface area contributed by atoms with Gasteiger partial charge in [-0.15, -0.1) is 0 Å². The Bertz CT molecular complexity index is 1030. The molecule has 0 atom stereocenters. The molecule has 0 spiro atoms. The molecule has 0 bridgehead atoms. The second-order valence-corrected chi connectivity index (χ2v) is 8.22. The van der Waals surface area contributed by atoms with E-state index < -0.39 is 0 Å². The van der Waals surface area contributed by atoms with E-state index in [-0.39, 0.29) is 0 Å². The highest BCUT2D eigenvalue weighted by Gasteiger charge is 2.24. The SMILES string of the molecule is Nc1nc(-c2ccc(OCCCN3CCCCC3)cc2)c2c(n1)-c1ccccc1C2. The predicted octanol–water partition coefficient (Wildman–Crippen LogP) is 4.55. The summed E-state index contributed by atoms with van der Waals surface area (Å²) in [5, 5.41) is 0. The first-order chi connectivity index (χ1) is 14.8. The summed E-state index contributed by atoms with van der Waals surface area (Å²) in [6, 6.07) is 16.6. The van der Waals surface area contributed by atoms with E-state index in [2.05, 4.69) is 45.2 Å². The number of piperidine rings is 1. The number of anilines is 1. The second-order valence-electron chi connectivity index (χ2n) is 8.22. The highest BCUT2D eigenvalue weighted by Crippen LogP contribution is 2.40. The highest BCUT2D eigenvalue weighted by molar-refractivity contribution is 5.81. The average molecular weight is 401 g/mol. The van der Waals surface area contributed by atoms with E-state index in [1.165, 1.54) is 37.9 Å². The second kappa shape index (κ2) is 8.44. The van der Waals surface area contributed by atoms with Crippen LogP contribution in [0.5, 0.6) is 5.75 Å². The molecular weight excluding hydrogens is 372 g/mol. The Labute approximate surface area is 177 Å². The fraction of sp³-hybridized carbons (Fsp3) is 0.360. The maximum Gasteiger partial charge on any atom is 0.221 e. The van der Waals surface area contributed by atoms with Gasteiger partial charge in [-0.3, -0.25) is 0 Å². The molecule has 30 heavy (non-hydrogen) atoms. The van der Waals surface area contributed by atoms with E-state index in [0.717, 1.165) is 59.8 Å². The van der Waals surface area contributed by atoms with Gasteiger partial charge in [0.05, 0.1) is 18.0 Å². The first kappa shape index (κ1) is 19.1. The third-order valence-electron chi connectivity index (χ3n) is 6.13. The summed E-state index contributed by atoms with van der Waals surface area (Å²) in [7, 11) is 0. The van der Waals surface area contributed by atoms with Crippen molar-refractivity contribution in [3.63, 3.8) is 0 Å². The van der Waals surface area contributed by atoms with Gasteiger partial charge in [0.15, 0.2) is 0 Å². The van der Waals surface area contributed by atoms with Crippen LogP contribution in [0, 0.1) is 0 Å². The minimum Gasteiger partial charge on any atom is -0.494 e. The monoisotopic (exact) mass is 400 g/mol. The van der Waals surface area contributed by atoms with Crippen LogP contribution in [0.3, 0.4) is 0 Å². The van der Waals surface area contributed by atoms with Crippen LogP contribution in [-0.4, -0.2) is 41.1 Å². The van der Waals surface area contributed by atoms with Gasteiger partial charge in [0.1, 0.15) is 5.75 Å². The lowest BCUT2D eigenvalue weighted by Crippen LogP contribution is -2.31. The Morgan fingerprint density at radius 2 is 1.67 bits per heavy atom. The lowest BCUT2D eigenvalue weighted by atomic mass is 10.0. The number of rotatable bonds is 6. The Morgan fingerprint density at radius 3 is 2.50 bits per heavy atom. The van der Waals surface area contributed by atoms with Crippen molar-refractivity contribution in [1.82, 2.24) is 14.9 Å². The molecule has 3 aromatic rings. The van der Waals surface area contributed by atoms with Crippen molar-refractivity contribution in [3.8, 4) is 28.3 Å². The summed E-state index contributed by atoms with van der Waals surface area (Å²) in [6.07, 6.45) is 5.97. The molecule has 5 heteroatoms. The van der Waals surface area contributed by atoms with Crippen LogP contribution in [0.1, 0.15) is 36.8 Å². The van der Waals surface area contributed by atoms with Crippen molar-refractivity contribution in [2.75, 3.05) is 32.0 Å². The maximum atomic E-state index is 6.05. The van der Waals surface area contributed by atoms with Crippen molar-refractivity contribution in [3.05, 3.63) is 59.7 Å². The van der Waals surface area contributed by atoms with Crippen molar-refractivity contribution in [2.24, 2.45) is 0 Å². The fourth-order valence-electron chi connectivity index (χ4n) is 4.60. The van der Waals surface area contributed by atoms with E-state index >= 15 is 0 Å². The normalized spacial score (nSPS) is 15.6. The molecule has 2 aromatic carbocycles. The molecule has 5 nitrogen and oxygen atoms in total. The molecule has 154 valence electrons. The lowest BCUT2D eigenvalue weighted by Gasteiger charge is -2.26. The standard InChI is InChI=1S/C25H28N4O/c26-25-27-23(22-17-19-7-2-3-8-21(19)24(22)28-25)18-9-11-20(12-10-18)30-16-6-15-29-13-4-1-5-14-29/h2-3,7-12H,1,4-6,13-17H2,(H2,26,27,28). The van der Waals surface area contributed by atoms with Crippen molar-refractivity contribution >= 4 is 5.95 Å². The molecule has 1 saturated heterocycles. The lowest BCUT2D eigenvalue weighted by molar-refractivity contribution is 0.205. The van der Waals surface area contributed by atoms with Gasteiger partial charge in [-0.25, -0.2) is 9.97 Å². The quantitative estimate of drug-likeness (QED) is 0.481. The Balaban J connectivity index is 1.27. The van der Waals surface area contributed by atoms with Gasteiger partial charge in [0, 0.05) is 29.7 Å². The third-order valence-corrected chi connectivity index (χ3v) is 6.13. The Kier molecular flexibility index (Phi) is 5.37. The summed E-state index contributed by atoms with van der Waals surface area (Å²) in [6.45, 7) is 4.36. The van der Waals surface area contributed by atoms with E-state index in [1.54, 1.807) is 0 Å². The van der Waals surface area contributed by atoms with Gasteiger partial charge in [-0.2, -0.15) is 0 Å². The summed E-state index contributed by atoms with van der Waals surface area (Å²) in [5.41, 5.74) is 12.6. The molecule has 2 heterocycles. The number of likely N-dealkylation sites (tertiary alicyclic amines) is 1. The van der Waals surface area contributed by atoms with Crippen LogP contribution in [0.25, 0.3) is 22.5 Å². The van der Waals surface area contributed by atoms with Crippen LogP contribution in [0.15, 0.2) is 48.5 Å². The van der Waals surface area contributed by atoms with Crippen LogP contribution >= 0.6 is 0 Å². The fourth-order valence-corrected chi connectivity index (χ4v) is 4.60. The molecule has 1 aliphatic carbocycles. The van der Waals surface area contributed by atoms with E-state index in [4.69, 9.17) is 10.5 Å². The van der Waals surface area contributed by atoms with Crippen molar-refractivity contribution in [1.29, 1.82) is 0 Å². The number of hydrogen-bond acceptors (Lipinski definition) is 5. The number of nitrogens with zero attached hydrogens (tertiary/aromatic N) is 3. The van der Waals surface area contributed by atoms with Crippen LogP contribution in [-0.2, 0) is 6.42 Å². The summed E-state index contributed by atoms with van der Waals surface area (Å²) in [4.78, 5) is 11.7. The molecule has 1 aromatic heterocycles. The molecule has 0 radical (unpaired) electrons. The molecular formula is C25H28N4O. The van der Waals surface area contributed by atoms with Gasteiger partial charge in [-0.1, -0.05) is 30.7 Å². The Morgan fingerprint density at radius 1 is 0.900 bits per heavy atom. The van der Waals surface area contributed by atoms with Crippen LogP contribution < -0.4 is 10.5 Å². The van der Waals surface area contributed by atoms with Gasteiger partial charge < -0.3 is 15.4 Å². The average Bonchev–Trinajstić information content (AvgIpc) is 3.16. The number of ether oxygens (including phenoxy) is 1. The first-order valence-electron chi connectivity index (χ1n) is 11.0. The first-order valence-corrected chi connectivity index (χ1v) is 11.0. The third kappa shape index (κ3) is 3.90. The highest BCUT2D eigenvalue weighted by atomic mass is 16.5. The zero-order valence-corrected chi connectivity index (χ0v) is 17.3. The molecule has 1 aliphatic heterocycles. The number of aromatic nitrogens is 2. The maximum absolute atomic E-state index is 6.05.